The van der Waals surface area contributed by atoms with Crippen LogP contribution < -0.4 is 16.6 Å². The van der Waals surface area contributed by atoms with Crippen molar-refractivity contribution in [2.24, 2.45) is 11.7 Å². The van der Waals surface area contributed by atoms with Crippen molar-refractivity contribution >= 4 is 17.3 Å². The van der Waals surface area contributed by atoms with Crippen LogP contribution in [0, 0.1) is 5.92 Å². The largest absolute Gasteiger partial charge is 0.379 e. The lowest BCUT2D eigenvalue weighted by atomic mass is 9.84. The molecule has 0 spiro atoms. The molecule has 1 saturated carbocycles. The van der Waals surface area contributed by atoms with Gasteiger partial charge in [0.15, 0.2) is 0 Å². The quantitative estimate of drug-likeness (QED) is 0.895. The topological polar surface area (TPSA) is 72.9 Å². The predicted molar refractivity (Wildman–Crippen MR) is 82.3 cm³/mol. The number of halogens is 1. The molecular weight excluding hydrogens is 276 g/mol. The summed E-state index contributed by atoms with van der Waals surface area (Å²) in [6, 6.07) is 0.280. The molecule has 112 valence electrons. The maximum Gasteiger partial charge on any atom is 0.287 e. The average molecular weight is 299 g/mol. The van der Waals surface area contributed by atoms with Crippen molar-refractivity contribution in [1.82, 2.24) is 9.78 Å². The first-order valence-electron chi connectivity index (χ1n) is 7.28. The smallest absolute Gasteiger partial charge is 0.287 e. The minimum Gasteiger partial charge on any atom is -0.379 e. The Labute approximate surface area is 124 Å². The number of aromatic nitrogens is 2. The maximum atomic E-state index is 12.1. The fourth-order valence-corrected chi connectivity index (χ4v) is 2.98. The third-order valence-corrected chi connectivity index (χ3v) is 4.35. The van der Waals surface area contributed by atoms with Crippen molar-refractivity contribution in [3.05, 3.63) is 21.6 Å². The van der Waals surface area contributed by atoms with E-state index < -0.39 is 0 Å². The lowest BCUT2D eigenvalue weighted by Gasteiger charge is -2.32. The van der Waals surface area contributed by atoms with Gasteiger partial charge in [-0.05, 0) is 39.2 Å². The zero-order chi connectivity index (χ0) is 14.7. The Morgan fingerprint density at radius 3 is 2.85 bits per heavy atom. The standard InChI is InChI=1S/C14H23ClN4O/c1-9(2)19-14(20)13(15)12(8-17-19)18-11-6-4-3-5-10(11)7-16/h8-11,18H,3-7,16H2,1-2H3. The molecule has 0 aromatic carbocycles. The number of nitrogens with two attached hydrogens (primary N) is 1. The van der Waals surface area contributed by atoms with Gasteiger partial charge in [0.05, 0.1) is 17.9 Å². The molecule has 1 aromatic heterocycles. The molecule has 1 aromatic rings. The van der Waals surface area contributed by atoms with Crippen LogP contribution in [0.5, 0.6) is 0 Å². The highest BCUT2D eigenvalue weighted by Gasteiger charge is 2.25. The van der Waals surface area contributed by atoms with Crippen molar-refractivity contribution in [1.29, 1.82) is 0 Å². The van der Waals surface area contributed by atoms with E-state index in [0.29, 0.717) is 18.2 Å². The SMILES string of the molecule is CC(C)n1ncc(NC2CCCCC2CN)c(Cl)c1=O. The summed E-state index contributed by atoms with van der Waals surface area (Å²) in [5.74, 6) is 0.437. The van der Waals surface area contributed by atoms with Gasteiger partial charge in [0.2, 0.25) is 0 Å². The first-order chi connectivity index (χ1) is 9.54. The van der Waals surface area contributed by atoms with Crippen LogP contribution in [0.4, 0.5) is 5.69 Å². The van der Waals surface area contributed by atoms with E-state index in [-0.39, 0.29) is 22.7 Å². The van der Waals surface area contributed by atoms with Gasteiger partial charge in [-0.3, -0.25) is 4.79 Å². The maximum absolute atomic E-state index is 12.1. The molecular formula is C14H23ClN4O. The molecule has 0 amide bonds. The second kappa shape index (κ2) is 6.59. The van der Waals surface area contributed by atoms with Crippen LogP contribution >= 0.6 is 11.6 Å². The number of nitrogens with one attached hydrogen (secondary N) is 1. The number of hydrogen-bond donors (Lipinski definition) is 2. The molecule has 2 atom stereocenters. The van der Waals surface area contributed by atoms with Crippen molar-refractivity contribution in [3.8, 4) is 0 Å². The summed E-state index contributed by atoms with van der Waals surface area (Å²) in [6.45, 7) is 4.47. The van der Waals surface area contributed by atoms with Gasteiger partial charge in [0, 0.05) is 6.04 Å². The molecule has 6 heteroatoms. The average Bonchev–Trinajstić information content (AvgIpc) is 2.44. The molecule has 1 aliphatic rings. The summed E-state index contributed by atoms with van der Waals surface area (Å²) in [5.41, 5.74) is 6.20. The summed E-state index contributed by atoms with van der Waals surface area (Å²) in [5, 5.41) is 7.77. The van der Waals surface area contributed by atoms with E-state index in [1.54, 1.807) is 6.20 Å². The normalized spacial score (nSPS) is 23.1. The van der Waals surface area contributed by atoms with Gasteiger partial charge in [0.1, 0.15) is 5.02 Å². The highest BCUT2D eigenvalue weighted by Crippen LogP contribution is 2.28. The lowest BCUT2D eigenvalue weighted by Crippen LogP contribution is -2.37. The number of anilines is 1. The van der Waals surface area contributed by atoms with E-state index in [9.17, 15) is 4.79 Å². The van der Waals surface area contributed by atoms with Crippen LogP contribution in [-0.4, -0.2) is 22.4 Å². The molecule has 0 saturated heterocycles. The van der Waals surface area contributed by atoms with Crippen LogP contribution in [0.2, 0.25) is 5.02 Å². The molecule has 1 fully saturated rings. The first kappa shape index (κ1) is 15.3. The van der Waals surface area contributed by atoms with Crippen molar-refractivity contribution < 1.29 is 0 Å². The molecule has 3 N–H and O–H groups in total. The second-order valence-corrected chi connectivity index (χ2v) is 6.12. The summed E-state index contributed by atoms with van der Waals surface area (Å²) in [4.78, 5) is 12.1. The zero-order valence-corrected chi connectivity index (χ0v) is 12.9. The van der Waals surface area contributed by atoms with Gasteiger partial charge >= 0.3 is 0 Å². The van der Waals surface area contributed by atoms with Crippen LogP contribution in [0.1, 0.15) is 45.6 Å². The Morgan fingerprint density at radius 1 is 1.50 bits per heavy atom. The van der Waals surface area contributed by atoms with E-state index in [4.69, 9.17) is 17.3 Å². The van der Waals surface area contributed by atoms with Crippen molar-refractivity contribution in [2.45, 2.75) is 51.6 Å². The predicted octanol–water partition coefficient (Wildman–Crippen LogP) is 2.41. The highest BCUT2D eigenvalue weighted by molar-refractivity contribution is 6.32. The molecule has 1 heterocycles. The monoisotopic (exact) mass is 298 g/mol. The summed E-state index contributed by atoms with van der Waals surface area (Å²) in [6.07, 6.45) is 6.24. The van der Waals surface area contributed by atoms with Crippen LogP contribution in [0.25, 0.3) is 0 Å². The molecule has 0 radical (unpaired) electrons. The third-order valence-electron chi connectivity index (χ3n) is 3.99. The van der Waals surface area contributed by atoms with Crippen molar-refractivity contribution in [2.75, 3.05) is 11.9 Å². The second-order valence-electron chi connectivity index (χ2n) is 5.75. The number of rotatable bonds is 4. The van der Waals surface area contributed by atoms with E-state index in [1.165, 1.54) is 17.5 Å². The Morgan fingerprint density at radius 2 is 2.20 bits per heavy atom. The zero-order valence-electron chi connectivity index (χ0n) is 12.1. The van der Waals surface area contributed by atoms with Crippen LogP contribution in [0.15, 0.2) is 11.0 Å². The van der Waals surface area contributed by atoms with Gasteiger partial charge in [-0.1, -0.05) is 24.4 Å². The highest BCUT2D eigenvalue weighted by atomic mass is 35.5. The summed E-state index contributed by atoms with van der Waals surface area (Å²) >= 11 is 6.19. The summed E-state index contributed by atoms with van der Waals surface area (Å²) < 4.78 is 1.40. The Balaban J connectivity index is 2.21. The minimum absolute atomic E-state index is 0.000482. The molecule has 2 rings (SSSR count). The molecule has 5 nitrogen and oxygen atoms in total. The Kier molecular flexibility index (Phi) is 5.05. The van der Waals surface area contributed by atoms with Gasteiger partial charge in [0.25, 0.3) is 5.56 Å². The molecule has 0 aliphatic heterocycles. The van der Waals surface area contributed by atoms with Gasteiger partial charge in [-0.25, -0.2) is 4.68 Å². The lowest BCUT2D eigenvalue weighted by molar-refractivity contribution is 0.332. The fourth-order valence-electron chi connectivity index (χ4n) is 2.79. The fraction of sp³-hybridized carbons (Fsp3) is 0.714. The summed E-state index contributed by atoms with van der Waals surface area (Å²) in [7, 11) is 0. The number of hydrogen-bond acceptors (Lipinski definition) is 4. The number of nitrogens with zero attached hydrogens (tertiary/aromatic N) is 2. The van der Waals surface area contributed by atoms with Crippen molar-refractivity contribution in [3.63, 3.8) is 0 Å². The minimum atomic E-state index is -0.244. The Hall–Kier alpha value is -1.07. The molecule has 0 bridgehead atoms. The van der Waals surface area contributed by atoms with Crippen LogP contribution in [0.3, 0.4) is 0 Å². The van der Waals surface area contributed by atoms with E-state index in [2.05, 4.69) is 10.4 Å². The Bertz CT molecular complexity index is 514. The van der Waals surface area contributed by atoms with E-state index in [1.807, 2.05) is 13.8 Å². The molecule has 20 heavy (non-hydrogen) atoms. The van der Waals surface area contributed by atoms with E-state index in [0.717, 1.165) is 12.8 Å². The van der Waals surface area contributed by atoms with Gasteiger partial charge in [-0.15, -0.1) is 0 Å². The van der Waals surface area contributed by atoms with Gasteiger partial charge < -0.3 is 11.1 Å². The van der Waals surface area contributed by atoms with Gasteiger partial charge in [-0.2, -0.15) is 5.10 Å². The molecule has 1 aliphatic carbocycles. The first-order valence-corrected chi connectivity index (χ1v) is 7.66. The van der Waals surface area contributed by atoms with E-state index >= 15 is 0 Å². The molecule has 2 unspecified atom stereocenters. The third kappa shape index (κ3) is 3.15. The van der Waals surface area contributed by atoms with Crippen LogP contribution in [-0.2, 0) is 0 Å².